The van der Waals surface area contributed by atoms with Crippen molar-refractivity contribution in [3.8, 4) is 0 Å². The highest BCUT2D eigenvalue weighted by Gasteiger charge is 2.35. The molecule has 0 spiro atoms. The van der Waals surface area contributed by atoms with Gasteiger partial charge in [-0.15, -0.1) is 6.58 Å². The van der Waals surface area contributed by atoms with E-state index in [2.05, 4.69) is 11.7 Å². The van der Waals surface area contributed by atoms with Crippen molar-refractivity contribution in [2.45, 2.75) is 25.6 Å². The maximum Gasteiger partial charge on any atom is 0.407 e. The Hall–Kier alpha value is -2.35. The summed E-state index contributed by atoms with van der Waals surface area (Å²) in [4.78, 5) is 26.7. The second kappa shape index (κ2) is 5.69. The molecule has 2 atom stereocenters. The standard InChI is InChI=1S/C15H20N4O4/c1-3-12(20)9-6-17(2)14(21)13-10-8-18(15(22)23)5-4-11(10)16-19(13)7-9/h3,9,12,20H,1,4-8H2,2H3,(H,22,23)/t9-,12?/m0/s1. The lowest BCUT2D eigenvalue weighted by molar-refractivity contribution is 0.0724. The van der Waals surface area contributed by atoms with E-state index in [9.17, 15) is 19.8 Å². The van der Waals surface area contributed by atoms with Crippen LogP contribution in [0.1, 0.15) is 21.7 Å². The average molecular weight is 320 g/mol. The summed E-state index contributed by atoms with van der Waals surface area (Å²) in [6, 6.07) is 0. The van der Waals surface area contributed by atoms with Crippen LogP contribution in [0.2, 0.25) is 0 Å². The number of aromatic nitrogens is 2. The number of rotatable bonds is 2. The third-order valence-corrected chi connectivity index (χ3v) is 4.56. The highest BCUT2D eigenvalue weighted by Crippen LogP contribution is 2.27. The minimum absolute atomic E-state index is 0.175. The Kier molecular flexibility index (Phi) is 3.85. The Morgan fingerprint density at radius 3 is 2.87 bits per heavy atom. The SMILES string of the molecule is C=CC(O)[C@H]1CN(C)C(=O)c2c3c(nn2C1)CCN(C(=O)O)C3. The second-order valence-corrected chi connectivity index (χ2v) is 6.08. The molecule has 0 saturated carbocycles. The first-order valence-corrected chi connectivity index (χ1v) is 7.55. The molecule has 2 N–H and O–H groups in total. The summed E-state index contributed by atoms with van der Waals surface area (Å²) in [5.41, 5.74) is 1.89. The van der Waals surface area contributed by atoms with Gasteiger partial charge in [-0.2, -0.15) is 5.10 Å². The number of hydrogen-bond donors (Lipinski definition) is 2. The molecule has 3 rings (SSSR count). The van der Waals surface area contributed by atoms with Gasteiger partial charge in [0.1, 0.15) is 5.69 Å². The quantitative estimate of drug-likeness (QED) is 0.757. The maximum atomic E-state index is 12.7. The lowest BCUT2D eigenvalue weighted by Gasteiger charge is -2.25. The predicted molar refractivity (Wildman–Crippen MR) is 81.0 cm³/mol. The third-order valence-electron chi connectivity index (χ3n) is 4.56. The maximum absolute atomic E-state index is 12.7. The van der Waals surface area contributed by atoms with Crippen molar-refractivity contribution in [2.24, 2.45) is 5.92 Å². The second-order valence-electron chi connectivity index (χ2n) is 6.08. The van der Waals surface area contributed by atoms with Crippen molar-refractivity contribution in [2.75, 3.05) is 20.1 Å². The average Bonchev–Trinajstić information content (AvgIpc) is 2.83. The Balaban J connectivity index is 2.01. The van der Waals surface area contributed by atoms with Gasteiger partial charge in [0.15, 0.2) is 0 Å². The van der Waals surface area contributed by atoms with Crippen LogP contribution in [0.25, 0.3) is 0 Å². The number of carbonyl (C=O) groups is 2. The molecule has 0 fully saturated rings. The first-order valence-electron chi connectivity index (χ1n) is 7.55. The van der Waals surface area contributed by atoms with Crippen LogP contribution in [-0.2, 0) is 19.5 Å². The number of amides is 2. The first kappa shape index (κ1) is 15.5. The Morgan fingerprint density at radius 2 is 2.22 bits per heavy atom. The van der Waals surface area contributed by atoms with E-state index in [1.165, 1.54) is 11.0 Å². The molecule has 1 aromatic rings. The van der Waals surface area contributed by atoms with Crippen LogP contribution in [0.4, 0.5) is 4.79 Å². The molecule has 23 heavy (non-hydrogen) atoms. The van der Waals surface area contributed by atoms with Gasteiger partial charge in [0.2, 0.25) is 0 Å². The van der Waals surface area contributed by atoms with E-state index in [0.717, 1.165) is 5.69 Å². The van der Waals surface area contributed by atoms with Crippen LogP contribution >= 0.6 is 0 Å². The lowest BCUT2D eigenvalue weighted by Crippen LogP contribution is -2.37. The zero-order valence-electron chi connectivity index (χ0n) is 13.0. The smallest absolute Gasteiger partial charge is 0.407 e. The van der Waals surface area contributed by atoms with Gasteiger partial charge in [-0.3, -0.25) is 9.48 Å². The van der Waals surface area contributed by atoms with Gasteiger partial charge in [0, 0.05) is 44.6 Å². The van der Waals surface area contributed by atoms with Crippen LogP contribution in [0.3, 0.4) is 0 Å². The number of carboxylic acid groups (broad SMARTS) is 1. The van der Waals surface area contributed by atoms with E-state index in [4.69, 9.17) is 0 Å². The van der Waals surface area contributed by atoms with E-state index < -0.39 is 12.2 Å². The number of carbonyl (C=O) groups excluding carboxylic acids is 1. The molecule has 0 bridgehead atoms. The lowest BCUT2D eigenvalue weighted by atomic mass is 10.0. The Labute approximate surface area is 133 Å². The van der Waals surface area contributed by atoms with Crippen LogP contribution in [0.15, 0.2) is 12.7 Å². The molecule has 124 valence electrons. The van der Waals surface area contributed by atoms with Crippen molar-refractivity contribution < 1.29 is 19.8 Å². The summed E-state index contributed by atoms with van der Waals surface area (Å²) in [6.07, 6.45) is 0.231. The highest BCUT2D eigenvalue weighted by atomic mass is 16.4. The number of aliphatic hydroxyl groups is 1. The number of aliphatic hydroxyl groups excluding tert-OH is 1. The number of hydrogen-bond acceptors (Lipinski definition) is 4. The van der Waals surface area contributed by atoms with Crippen LogP contribution in [0, 0.1) is 5.92 Å². The van der Waals surface area contributed by atoms with Crippen molar-refractivity contribution >= 4 is 12.0 Å². The summed E-state index contributed by atoms with van der Waals surface area (Å²) < 4.78 is 1.62. The van der Waals surface area contributed by atoms with Gasteiger partial charge < -0.3 is 20.0 Å². The normalized spacial score (nSPS) is 22.2. The summed E-state index contributed by atoms with van der Waals surface area (Å²) in [5.74, 6) is -0.385. The van der Waals surface area contributed by atoms with Gasteiger partial charge in [0.05, 0.1) is 18.3 Å². The largest absolute Gasteiger partial charge is 0.465 e. The van der Waals surface area contributed by atoms with Crippen LogP contribution < -0.4 is 0 Å². The van der Waals surface area contributed by atoms with Gasteiger partial charge in [-0.25, -0.2) is 4.79 Å². The first-order chi connectivity index (χ1) is 10.9. The van der Waals surface area contributed by atoms with Gasteiger partial charge in [-0.1, -0.05) is 6.08 Å². The summed E-state index contributed by atoms with van der Waals surface area (Å²) in [7, 11) is 1.68. The van der Waals surface area contributed by atoms with Gasteiger partial charge in [-0.05, 0) is 0 Å². The molecule has 8 nitrogen and oxygen atoms in total. The molecule has 8 heteroatoms. The van der Waals surface area contributed by atoms with Crippen molar-refractivity contribution in [3.63, 3.8) is 0 Å². The minimum Gasteiger partial charge on any atom is -0.465 e. The van der Waals surface area contributed by atoms with Crippen molar-refractivity contribution in [1.29, 1.82) is 0 Å². The van der Waals surface area contributed by atoms with Crippen molar-refractivity contribution in [3.05, 3.63) is 29.6 Å². The van der Waals surface area contributed by atoms with E-state index in [1.54, 1.807) is 16.6 Å². The number of fused-ring (bicyclic) bond motifs is 3. The van der Waals surface area contributed by atoms with E-state index in [-0.39, 0.29) is 18.4 Å². The fourth-order valence-corrected chi connectivity index (χ4v) is 3.26. The Bertz CT molecular complexity index is 669. The minimum atomic E-state index is -0.995. The van der Waals surface area contributed by atoms with Crippen molar-refractivity contribution in [1.82, 2.24) is 19.6 Å². The summed E-state index contributed by atoms with van der Waals surface area (Å²) in [6.45, 7) is 4.95. The van der Waals surface area contributed by atoms with Crippen LogP contribution in [0.5, 0.6) is 0 Å². The van der Waals surface area contributed by atoms with E-state index in [0.29, 0.717) is 37.3 Å². The monoisotopic (exact) mass is 320 g/mol. The molecule has 0 aliphatic carbocycles. The molecule has 1 aromatic heterocycles. The van der Waals surface area contributed by atoms with Crippen LogP contribution in [-0.4, -0.2) is 68.0 Å². The fourth-order valence-electron chi connectivity index (χ4n) is 3.26. The molecular weight excluding hydrogens is 300 g/mol. The molecule has 2 aliphatic rings. The fraction of sp³-hybridized carbons (Fsp3) is 0.533. The molecule has 3 heterocycles. The number of nitrogens with zero attached hydrogens (tertiary/aromatic N) is 4. The van der Waals surface area contributed by atoms with E-state index in [1.807, 2.05) is 0 Å². The summed E-state index contributed by atoms with van der Waals surface area (Å²) in [5, 5.41) is 23.8. The molecule has 0 radical (unpaired) electrons. The molecule has 2 amide bonds. The Morgan fingerprint density at radius 1 is 1.48 bits per heavy atom. The molecule has 0 saturated heterocycles. The third kappa shape index (κ3) is 2.59. The molecule has 2 aliphatic heterocycles. The van der Waals surface area contributed by atoms with E-state index >= 15 is 0 Å². The predicted octanol–water partition coefficient (Wildman–Crippen LogP) is 0.168. The topological polar surface area (TPSA) is 98.9 Å². The summed E-state index contributed by atoms with van der Waals surface area (Å²) >= 11 is 0. The highest BCUT2D eigenvalue weighted by molar-refractivity contribution is 5.94. The zero-order chi connectivity index (χ0) is 16.7. The van der Waals surface area contributed by atoms with Gasteiger partial charge in [0.25, 0.3) is 5.91 Å². The molecule has 1 unspecified atom stereocenters. The van der Waals surface area contributed by atoms with Gasteiger partial charge >= 0.3 is 6.09 Å². The zero-order valence-corrected chi connectivity index (χ0v) is 13.0. The molecular formula is C15H20N4O4. The molecule has 0 aromatic carbocycles.